The fourth-order valence-corrected chi connectivity index (χ4v) is 2.12. The summed E-state index contributed by atoms with van der Waals surface area (Å²) in [6.45, 7) is -0.220. The molecular weight excluding hydrogens is 240 g/mol. The molecule has 0 aliphatic heterocycles. The second kappa shape index (κ2) is 7.29. The van der Waals surface area contributed by atoms with Crippen LogP contribution < -0.4 is 11.3 Å². The summed E-state index contributed by atoms with van der Waals surface area (Å²) in [6.07, 6.45) is -0.678. The van der Waals surface area contributed by atoms with E-state index in [1.807, 2.05) is 12.1 Å². The van der Waals surface area contributed by atoms with Crippen molar-refractivity contribution in [3.63, 3.8) is 0 Å². The van der Waals surface area contributed by atoms with Crippen molar-refractivity contribution >= 4 is 17.7 Å². The molecule has 5 N–H and O–H groups in total. The predicted molar refractivity (Wildman–Crippen MR) is 67.4 cm³/mol. The SMILES string of the molecule is NNC(=O)c1ccc(CSCC(O)CO)cc1. The van der Waals surface area contributed by atoms with Gasteiger partial charge in [0.25, 0.3) is 5.91 Å². The molecule has 1 aromatic carbocycles. The number of aliphatic hydroxyl groups is 2. The van der Waals surface area contributed by atoms with Crippen LogP contribution in [-0.4, -0.2) is 34.6 Å². The average Bonchev–Trinajstić information content (AvgIpc) is 2.38. The third-order valence-electron chi connectivity index (χ3n) is 2.14. The highest BCUT2D eigenvalue weighted by atomic mass is 32.2. The molecule has 1 rings (SSSR count). The lowest BCUT2D eigenvalue weighted by Crippen LogP contribution is -2.29. The molecule has 6 heteroatoms. The summed E-state index contributed by atoms with van der Waals surface area (Å²) >= 11 is 1.52. The van der Waals surface area contributed by atoms with Crippen LogP contribution >= 0.6 is 11.8 Å². The van der Waals surface area contributed by atoms with Gasteiger partial charge in [-0.3, -0.25) is 10.2 Å². The summed E-state index contributed by atoms with van der Waals surface area (Å²) < 4.78 is 0. The topological polar surface area (TPSA) is 95.6 Å². The lowest BCUT2D eigenvalue weighted by Gasteiger charge is -2.07. The second-order valence-electron chi connectivity index (χ2n) is 3.52. The minimum atomic E-state index is -0.678. The Kier molecular flexibility index (Phi) is 5.99. The number of carbonyl (C=O) groups excluding carboxylic acids is 1. The van der Waals surface area contributed by atoms with Gasteiger partial charge in [-0.15, -0.1) is 0 Å². The summed E-state index contributed by atoms with van der Waals surface area (Å²) in [5.74, 6) is 5.91. The molecule has 0 aliphatic rings. The van der Waals surface area contributed by atoms with Crippen molar-refractivity contribution in [2.45, 2.75) is 11.9 Å². The van der Waals surface area contributed by atoms with Gasteiger partial charge in [0.05, 0.1) is 12.7 Å². The van der Waals surface area contributed by atoms with E-state index in [0.717, 1.165) is 11.3 Å². The van der Waals surface area contributed by atoms with Crippen LogP contribution in [0.15, 0.2) is 24.3 Å². The molecule has 0 fully saturated rings. The number of hydrazine groups is 1. The number of nitrogens with one attached hydrogen (secondary N) is 1. The molecule has 1 amide bonds. The fraction of sp³-hybridized carbons (Fsp3) is 0.364. The minimum absolute atomic E-state index is 0.220. The number of nitrogens with two attached hydrogens (primary N) is 1. The van der Waals surface area contributed by atoms with Crippen molar-refractivity contribution in [3.8, 4) is 0 Å². The zero-order chi connectivity index (χ0) is 12.7. The van der Waals surface area contributed by atoms with Gasteiger partial charge in [-0.2, -0.15) is 11.8 Å². The molecular formula is C11H16N2O3S. The van der Waals surface area contributed by atoms with Gasteiger partial charge in [-0.05, 0) is 17.7 Å². The van der Waals surface area contributed by atoms with Crippen LogP contribution in [0.3, 0.4) is 0 Å². The van der Waals surface area contributed by atoms with Crippen LogP contribution in [0.2, 0.25) is 0 Å². The molecule has 0 aliphatic carbocycles. The number of hydrogen-bond donors (Lipinski definition) is 4. The third kappa shape index (κ3) is 4.74. The van der Waals surface area contributed by atoms with Gasteiger partial charge in [-0.25, -0.2) is 5.84 Å². The highest BCUT2D eigenvalue weighted by Crippen LogP contribution is 2.14. The van der Waals surface area contributed by atoms with Crippen LogP contribution in [0.1, 0.15) is 15.9 Å². The van der Waals surface area contributed by atoms with Crippen molar-refractivity contribution in [2.24, 2.45) is 5.84 Å². The molecule has 0 bridgehead atoms. The first-order chi connectivity index (χ1) is 8.17. The molecule has 1 aromatic rings. The molecule has 17 heavy (non-hydrogen) atoms. The van der Waals surface area contributed by atoms with Crippen LogP contribution in [0.4, 0.5) is 0 Å². The van der Waals surface area contributed by atoms with Gasteiger partial charge in [0.1, 0.15) is 0 Å². The standard InChI is InChI=1S/C11H16N2O3S/c12-13-11(16)9-3-1-8(2-4-9)6-17-7-10(15)5-14/h1-4,10,14-15H,5-7,12H2,(H,13,16). The van der Waals surface area contributed by atoms with Crippen molar-refractivity contribution in [2.75, 3.05) is 12.4 Å². The molecule has 1 atom stereocenters. The highest BCUT2D eigenvalue weighted by Gasteiger charge is 2.04. The number of amides is 1. The minimum Gasteiger partial charge on any atom is -0.394 e. The van der Waals surface area contributed by atoms with E-state index in [-0.39, 0.29) is 12.5 Å². The zero-order valence-corrected chi connectivity index (χ0v) is 10.1. The Morgan fingerprint density at radius 2 is 2.06 bits per heavy atom. The van der Waals surface area contributed by atoms with Crippen LogP contribution in [0.25, 0.3) is 0 Å². The number of carbonyl (C=O) groups is 1. The Labute approximate surface area is 104 Å². The number of benzene rings is 1. The Morgan fingerprint density at radius 1 is 1.41 bits per heavy atom. The quantitative estimate of drug-likeness (QED) is 0.323. The predicted octanol–water partition coefficient (Wildman–Crippen LogP) is -0.124. The first-order valence-corrected chi connectivity index (χ1v) is 6.29. The maximum atomic E-state index is 11.2. The second-order valence-corrected chi connectivity index (χ2v) is 4.55. The molecule has 0 saturated carbocycles. The van der Waals surface area contributed by atoms with E-state index in [4.69, 9.17) is 16.1 Å². The largest absolute Gasteiger partial charge is 0.394 e. The first-order valence-electron chi connectivity index (χ1n) is 5.14. The van der Waals surface area contributed by atoms with Gasteiger partial charge < -0.3 is 10.2 Å². The van der Waals surface area contributed by atoms with E-state index in [1.165, 1.54) is 11.8 Å². The van der Waals surface area contributed by atoms with Crippen molar-refractivity contribution < 1.29 is 15.0 Å². The summed E-state index contributed by atoms with van der Waals surface area (Å²) in [5, 5.41) is 17.8. The zero-order valence-electron chi connectivity index (χ0n) is 9.30. The summed E-state index contributed by atoms with van der Waals surface area (Å²) in [7, 11) is 0. The lowest BCUT2D eigenvalue weighted by atomic mass is 10.1. The van der Waals surface area contributed by atoms with E-state index in [1.54, 1.807) is 12.1 Å². The van der Waals surface area contributed by atoms with Crippen LogP contribution in [0, 0.1) is 0 Å². The molecule has 0 aromatic heterocycles. The maximum absolute atomic E-state index is 11.2. The third-order valence-corrected chi connectivity index (χ3v) is 3.29. The van der Waals surface area contributed by atoms with Gasteiger partial charge >= 0.3 is 0 Å². The number of nitrogen functional groups attached to an aromatic ring is 1. The number of thioether (sulfide) groups is 1. The fourth-order valence-electron chi connectivity index (χ4n) is 1.20. The molecule has 1 unspecified atom stereocenters. The highest BCUT2D eigenvalue weighted by molar-refractivity contribution is 7.98. The van der Waals surface area contributed by atoms with Gasteiger partial charge in [0.15, 0.2) is 0 Å². The Hall–Kier alpha value is -1.08. The van der Waals surface area contributed by atoms with Crippen molar-refractivity contribution in [1.82, 2.24) is 5.43 Å². The van der Waals surface area contributed by atoms with E-state index in [9.17, 15) is 4.79 Å². The Bertz CT molecular complexity index is 356. The Morgan fingerprint density at radius 3 is 2.59 bits per heavy atom. The molecule has 0 spiro atoms. The summed E-state index contributed by atoms with van der Waals surface area (Å²) in [6, 6.07) is 7.06. The normalized spacial score (nSPS) is 12.2. The van der Waals surface area contributed by atoms with E-state index in [2.05, 4.69) is 5.43 Å². The smallest absolute Gasteiger partial charge is 0.265 e. The lowest BCUT2D eigenvalue weighted by molar-refractivity contribution is 0.0953. The van der Waals surface area contributed by atoms with Crippen molar-refractivity contribution in [1.29, 1.82) is 0 Å². The van der Waals surface area contributed by atoms with E-state index in [0.29, 0.717) is 11.3 Å². The molecule has 0 heterocycles. The molecule has 94 valence electrons. The summed E-state index contributed by atoms with van der Waals surface area (Å²) in [5.41, 5.74) is 3.62. The van der Waals surface area contributed by atoms with E-state index < -0.39 is 6.10 Å². The number of aliphatic hydroxyl groups excluding tert-OH is 2. The summed E-state index contributed by atoms with van der Waals surface area (Å²) in [4.78, 5) is 11.2. The Balaban J connectivity index is 2.43. The first kappa shape index (κ1) is 14.0. The monoisotopic (exact) mass is 256 g/mol. The molecule has 0 saturated heterocycles. The number of hydrogen-bond acceptors (Lipinski definition) is 5. The van der Waals surface area contributed by atoms with Crippen molar-refractivity contribution in [3.05, 3.63) is 35.4 Å². The van der Waals surface area contributed by atoms with Gasteiger partial charge in [0, 0.05) is 17.1 Å². The number of rotatable bonds is 6. The van der Waals surface area contributed by atoms with Crippen LogP contribution in [-0.2, 0) is 5.75 Å². The van der Waals surface area contributed by atoms with E-state index >= 15 is 0 Å². The van der Waals surface area contributed by atoms with Crippen LogP contribution in [0.5, 0.6) is 0 Å². The maximum Gasteiger partial charge on any atom is 0.265 e. The molecule has 5 nitrogen and oxygen atoms in total. The average molecular weight is 256 g/mol. The van der Waals surface area contributed by atoms with Gasteiger partial charge in [0.2, 0.25) is 0 Å². The molecule has 0 radical (unpaired) electrons. The van der Waals surface area contributed by atoms with Gasteiger partial charge in [-0.1, -0.05) is 12.1 Å².